The SMILES string of the molecule is CCN1CCN(CCNC2CCC(C)CC2)CC1. The van der Waals surface area contributed by atoms with Crippen molar-refractivity contribution in [2.24, 2.45) is 5.92 Å². The molecule has 1 saturated carbocycles. The van der Waals surface area contributed by atoms with E-state index in [0.717, 1.165) is 12.0 Å². The van der Waals surface area contributed by atoms with E-state index < -0.39 is 0 Å². The predicted octanol–water partition coefficient (Wildman–Crippen LogP) is 1.79. The zero-order chi connectivity index (χ0) is 12.8. The highest BCUT2D eigenvalue weighted by atomic mass is 15.3. The van der Waals surface area contributed by atoms with Crippen molar-refractivity contribution in [3.63, 3.8) is 0 Å². The summed E-state index contributed by atoms with van der Waals surface area (Å²) in [4.78, 5) is 5.16. The van der Waals surface area contributed by atoms with Crippen molar-refractivity contribution in [1.29, 1.82) is 0 Å². The van der Waals surface area contributed by atoms with E-state index in [-0.39, 0.29) is 0 Å². The van der Waals surface area contributed by atoms with Gasteiger partial charge >= 0.3 is 0 Å². The minimum Gasteiger partial charge on any atom is -0.313 e. The first-order valence-electron chi connectivity index (χ1n) is 7.96. The molecule has 0 aromatic rings. The number of nitrogens with zero attached hydrogens (tertiary/aromatic N) is 2. The molecule has 0 amide bonds. The Hall–Kier alpha value is -0.120. The number of nitrogens with one attached hydrogen (secondary N) is 1. The molecular formula is C15H31N3. The Morgan fingerprint density at radius 3 is 2.17 bits per heavy atom. The number of rotatable bonds is 5. The van der Waals surface area contributed by atoms with Crippen molar-refractivity contribution >= 4 is 0 Å². The van der Waals surface area contributed by atoms with E-state index in [1.54, 1.807) is 0 Å². The van der Waals surface area contributed by atoms with E-state index in [2.05, 4.69) is 29.0 Å². The van der Waals surface area contributed by atoms with Crippen molar-refractivity contribution < 1.29 is 0 Å². The summed E-state index contributed by atoms with van der Waals surface area (Å²) in [6, 6.07) is 0.804. The van der Waals surface area contributed by atoms with Gasteiger partial charge in [-0.25, -0.2) is 0 Å². The average Bonchev–Trinajstić information content (AvgIpc) is 2.42. The van der Waals surface area contributed by atoms with Crippen LogP contribution in [0.25, 0.3) is 0 Å². The largest absolute Gasteiger partial charge is 0.313 e. The van der Waals surface area contributed by atoms with Crippen LogP contribution in [0.15, 0.2) is 0 Å². The molecule has 1 aliphatic carbocycles. The Kier molecular flexibility index (Phi) is 5.93. The molecule has 1 heterocycles. The van der Waals surface area contributed by atoms with Gasteiger partial charge in [0.25, 0.3) is 0 Å². The third-order valence-corrected chi connectivity index (χ3v) is 4.79. The van der Waals surface area contributed by atoms with Crippen LogP contribution in [0.2, 0.25) is 0 Å². The summed E-state index contributed by atoms with van der Waals surface area (Å²) in [5.74, 6) is 0.963. The highest BCUT2D eigenvalue weighted by Gasteiger charge is 2.18. The van der Waals surface area contributed by atoms with Crippen molar-refractivity contribution in [1.82, 2.24) is 15.1 Å². The Labute approximate surface area is 113 Å². The van der Waals surface area contributed by atoms with Gasteiger partial charge in [0.2, 0.25) is 0 Å². The van der Waals surface area contributed by atoms with Gasteiger partial charge in [-0.15, -0.1) is 0 Å². The van der Waals surface area contributed by atoms with Crippen LogP contribution in [-0.4, -0.2) is 61.7 Å². The van der Waals surface area contributed by atoms with E-state index in [0.29, 0.717) is 0 Å². The second-order valence-corrected chi connectivity index (χ2v) is 6.19. The Morgan fingerprint density at radius 1 is 0.944 bits per heavy atom. The zero-order valence-electron chi connectivity index (χ0n) is 12.3. The van der Waals surface area contributed by atoms with Gasteiger partial charge in [0, 0.05) is 45.3 Å². The van der Waals surface area contributed by atoms with E-state index in [1.165, 1.54) is 71.5 Å². The van der Waals surface area contributed by atoms with Crippen LogP contribution in [0.4, 0.5) is 0 Å². The summed E-state index contributed by atoms with van der Waals surface area (Å²) >= 11 is 0. The molecule has 2 aliphatic rings. The molecule has 0 aromatic carbocycles. The normalized spacial score (nSPS) is 31.7. The first-order valence-corrected chi connectivity index (χ1v) is 7.96. The lowest BCUT2D eigenvalue weighted by atomic mass is 9.87. The van der Waals surface area contributed by atoms with Crippen LogP contribution in [-0.2, 0) is 0 Å². The lowest BCUT2D eigenvalue weighted by Crippen LogP contribution is -2.48. The highest BCUT2D eigenvalue weighted by Crippen LogP contribution is 2.23. The van der Waals surface area contributed by atoms with Gasteiger partial charge in [0.1, 0.15) is 0 Å². The third kappa shape index (κ3) is 4.52. The molecule has 0 aromatic heterocycles. The summed E-state index contributed by atoms with van der Waals surface area (Å²) < 4.78 is 0. The van der Waals surface area contributed by atoms with Crippen LogP contribution >= 0.6 is 0 Å². The number of likely N-dealkylation sites (N-methyl/N-ethyl adjacent to an activating group) is 1. The second kappa shape index (κ2) is 7.46. The number of hydrogen-bond acceptors (Lipinski definition) is 3. The van der Waals surface area contributed by atoms with E-state index >= 15 is 0 Å². The van der Waals surface area contributed by atoms with Gasteiger partial charge in [0.05, 0.1) is 0 Å². The van der Waals surface area contributed by atoms with Crippen LogP contribution in [0.1, 0.15) is 39.5 Å². The molecule has 106 valence electrons. The highest BCUT2D eigenvalue weighted by molar-refractivity contribution is 4.77. The maximum absolute atomic E-state index is 3.76. The molecule has 3 nitrogen and oxygen atoms in total. The molecule has 3 heteroatoms. The maximum Gasteiger partial charge on any atom is 0.0110 e. The number of hydrogen-bond donors (Lipinski definition) is 1. The Balaban J connectivity index is 1.53. The Bertz CT molecular complexity index is 216. The standard InChI is InChI=1S/C15H31N3/c1-3-17-10-12-18(13-11-17)9-8-16-15-6-4-14(2)5-7-15/h14-16H,3-13H2,1-2H3. The fraction of sp³-hybridized carbons (Fsp3) is 1.00. The summed E-state index contributed by atoms with van der Waals surface area (Å²) in [6.45, 7) is 13.3. The predicted molar refractivity (Wildman–Crippen MR) is 78.0 cm³/mol. The fourth-order valence-electron chi connectivity index (χ4n) is 3.22. The van der Waals surface area contributed by atoms with Gasteiger partial charge in [-0.05, 0) is 38.1 Å². The molecule has 0 unspecified atom stereocenters. The summed E-state index contributed by atoms with van der Waals surface area (Å²) in [6.07, 6.45) is 5.63. The first-order chi connectivity index (χ1) is 8.78. The van der Waals surface area contributed by atoms with Crippen LogP contribution in [0.5, 0.6) is 0 Å². The Morgan fingerprint density at radius 2 is 1.56 bits per heavy atom. The molecule has 1 N–H and O–H groups in total. The average molecular weight is 253 g/mol. The van der Waals surface area contributed by atoms with E-state index in [1.807, 2.05) is 0 Å². The van der Waals surface area contributed by atoms with Gasteiger partial charge in [-0.1, -0.05) is 13.8 Å². The van der Waals surface area contributed by atoms with Gasteiger partial charge < -0.3 is 10.2 Å². The molecule has 1 saturated heterocycles. The minimum absolute atomic E-state index is 0.804. The summed E-state index contributed by atoms with van der Waals surface area (Å²) in [5, 5.41) is 3.76. The number of piperazine rings is 1. The van der Waals surface area contributed by atoms with Crippen LogP contribution in [0, 0.1) is 5.92 Å². The molecule has 18 heavy (non-hydrogen) atoms. The summed E-state index contributed by atoms with van der Waals surface area (Å²) in [5.41, 5.74) is 0. The molecule has 0 radical (unpaired) electrons. The quantitative estimate of drug-likeness (QED) is 0.806. The molecule has 0 spiro atoms. The van der Waals surface area contributed by atoms with Gasteiger partial charge in [-0.2, -0.15) is 0 Å². The van der Waals surface area contributed by atoms with Crippen molar-refractivity contribution in [2.75, 3.05) is 45.8 Å². The molecule has 1 aliphatic heterocycles. The van der Waals surface area contributed by atoms with Crippen LogP contribution < -0.4 is 5.32 Å². The summed E-state index contributed by atoms with van der Waals surface area (Å²) in [7, 11) is 0. The third-order valence-electron chi connectivity index (χ3n) is 4.79. The second-order valence-electron chi connectivity index (χ2n) is 6.19. The molecule has 0 atom stereocenters. The maximum atomic E-state index is 3.76. The van der Waals surface area contributed by atoms with Crippen LogP contribution in [0.3, 0.4) is 0 Å². The zero-order valence-corrected chi connectivity index (χ0v) is 12.3. The minimum atomic E-state index is 0.804. The van der Waals surface area contributed by atoms with Crippen molar-refractivity contribution in [2.45, 2.75) is 45.6 Å². The molecule has 2 rings (SSSR count). The fourth-order valence-corrected chi connectivity index (χ4v) is 3.22. The molecule has 2 fully saturated rings. The van der Waals surface area contributed by atoms with Crippen molar-refractivity contribution in [3.05, 3.63) is 0 Å². The lowest BCUT2D eigenvalue weighted by molar-refractivity contribution is 0.136. The monoisotopic (exact) mass is 253 g/mol. The lowest BCUT2D eigenvalue weighted by Gasteiger charge is -2.34. The topological polar surface area (TPSA) is 18.5 Å². The molecule has 0 bridgehead atoms. The van der Waals surface area contributed by atoms with Gasteiger partial charge in [-0.3, -0.25) is 4.90 Å². The van der Waals surface area contributed by atoms with E-state index in [9.17, 15) is 0 Å². The molecular weight excluding hydrogens is 222 g/mol. The van der Waals surface area contributed by atoms with E-state index in [4.69, 9.17) is 0 Å². The first kappa shape index (κ1) is 14.3. The smallest absolute Gasteiger partial charge is 0.0110 e. The van der Waals surface area contributed by atoms with Crippen molar-refractivity contribution in [3.8, 4) is 0 Å². The van der Waals surface area contributed by atoms with Gasteiger partial charge in [0.15, 0.2) is 0 Å².